The zero-order chi connectivity index (χ0) is 18.1. The van der Waals surface area contributed by atoms with Gasteiger partial charge < -0.3 is 4.74 Å². The van der Waals surface area contributed by atoms with Crippen molar-refractivity contribution in [2.45, 2.75) is 27.4 Å². The van der Waals surface area contributed by atoms with Gasteiger partial charge in [-0.25, -0.2) is 4.79 Å². The fraction of sp³-hybridized carbons (Fsp3) is 0.278. The highest BCUT2D eigenvalue weighted by Gasteiger charge is 2.15. The van der Waals surface area contributed by atoms with Gasteiger partial charge >= 0.3 is 5.69 Å². The lowest BCUT2D eigenvalue weighted by Crippen LogP contribution is -2.23. The fourth-order valence-electron chi connectivity index (χ4n) is 2.59. The van der Waals surface area contributed by atoms with Crippen molar-refractivity contribution >= 4 is 11.6 Å². The highest BCUT2D eigenvalue weighted by molar-refractivity contribution is 6.31. The fourth-order valence-corrected chi connectivity index (χ4v) is 2.82. The van der Waals surface area contributed by atoms with Gasteiger partial charge in [0, 0.05) is 17.6 Å². The van der Waals surface area contributed by atoms with Crippen LogP contribution in [-0.2, 0) is 13.7 Å². The van der Waals surface area contributed by atoms with Gasteiger partial charge in [0.05, 0.1) is 5.69 Å². The van der Waals surface area contributed by atoms with Crippen LogP contribution in [0.25, 0.3) is 5.69 Å². The van der Waals surface area contributed by atoms with E-state index in [2.05, 4.69) is 23.4 Å². The molecule has 0 atom stereocenters. The highest BCUT2D eigenvalue weighted by atomic mass is 35.5. The normalized spacial score (nSPS) is 10.9. The number of aryl methyl sites for hydroxylation is 4. The quantitative estimate of drug-likeness (QED) is 0.719. The summed E-state index contributed by atoms with van der Waals surface area (Å²) in [5.74, 6) is 0.792. The van der Waals surface area contributed by atoms with Crippen molar-refractivity contribution in [1.29, 1.82) is 0 Å². The number of nitrogens with zero attached hydrogens (tertiary/aromatic N) is 4. The molecule has 3 rings (SSSR count). The summed E-state index contributed by atoms with van der Waals surface area (Å²) >= 11 is 6.35. The molecule has 0 bridgehead atoms. The molecular formula is C18H19ClN4O2. The van der Waals surface area contributed by atoms with Gasteiger partial charge in [0.1, 0.15) is 12.4 Å². The maximum atomic E-state index is 12.2. The van der Waals surface area contributed by atoms with E-state index in [1.165, 1.54) is 14.9 Å². The highest BCUT2D eigenvalue weighted by Crippen LogP contribution is 2.27. The third-order valence-corrected chi connectivity index (χ3v) is 4.56. The first-order valence-electron chi connectivity index (χ1n) is 7.86. The second-order valence-electron chi connectivity index (χ2n) is 6.03. The first-order valence-corrected chi connectivity index (χ1v) is 8.23. The Bertz CT molecular complexity index is 991. The molecule has 2 aromatic carbocycles. The lowest BCUT2D eigenvalue weighted by molar-refractivity contribution is 0.303. The van der Waals surface area contributed by atoms with Gasteiger partial charge in [0.2, 0.25) is 0 Å². The maximum absolute atomic E-state index is 12.2. The second-order valence-corrected chi connectivity index (χ2v) is 6.43. The smallest absolute Gasteiger partial charge is 0.368 e. The molecule has 0 fully saturated rings. The largest absolute Gasteiger partial charge is 0.488 e. The predicted octanol–water partition coefficient (Wildman–Crippen LogP) is 3.12. The number of hydrogen-bond donors (Lipinski definition) is 0. The molecule has 0 aliphatic carbocycles. The molecule has 6 nitrogen and oxygen atoms in total. The molecule has 0 saturated carbocycles. The predicted molar refractivity (Wildman–Crippen MR) is 96.6 cm³/mol. The van der Waals surface area contributed by atoms with Crippen LogP contribution in [0.2, 0.25) is 5.02 Å². The Kier molecular flexibility index (Phi) is 4.63. The minimum atomic E-state index is -0.342. The van der Waals surface area contributed by atoms with Crippen LogP contribution in [0.3, 0.4) is 0 Å². The summed E-state index contributed by atoms with van der Waals surface area (Å²) in [5.41, 5.74) is 4.33. The van der Waals surface area contributed by atoms with Gasteiger partial charge in [-0.15, -0.1) is 0 Å². The van der Waals surface area contributed by atoms with Crippen molar-refractivity contribution in [3.8, 4) is 11.4 Å². The molecule has 0 unspecified atom stereocenters. The molecule has 0 saturated heterocycles. The molecule has 0 radical (unpaired) electrons. The van der Waals surface area contributed by atoms with Crippen molar-refractivity contribution in [2.24, 2.45) is 7.05 Å². The van der Waals surface area contributed by atoms with Crippen molar-refractivity contribution in [1.82, 2.24) is 19.8 Å². The third kappa shape index (κ3) is 3.30. The van der Waals surface area contributed by atoms with E-state index in [1.807, 2.05) is 19.9 Å². The monoisotopic (exact) mass is 358 g/mol. The van der Waals surface area contributed by atoms with Crippen LogP contribution >= 0.6 is 11.6 Å². The van der Waals surface area contributed by atoms with E-state index >= 15 is 0 Å². The Balaban J connectivity index is 1.97. The minimum absolute atomic E-state index is 0.224. The number of tetrazole rings is 1. The van der Waals surface area contributed by atoms with Gasteiger partial charge in [-0.2, -0.15) is 9.36 Å². The summed E-state index contributed by atoms with van der Waals surface area (Å²) in [6.45, 7) is 6.34. The van der Waals surface area contributed by atoms with Crippen LogP contribution in [0.15, 0.2) is 35.1 Å². The van der Waals surface area contributed by atoms with Crippen LogP contribution < -0.4 is 10.4 Å². The van der Waals surface area contributed by atoms with Crippen molar-refractivity contribution in [3.05, 3.63) is 68.1 Å². The van der Waals surface area contributed by atoms with Crippen molar-refractivity contribution in [3.63, 3.8) is 0 Å². The van der Waals surface area contributed by atoms with Crippen LogP contribution in [-0.4, -0.2) is 19.8 Å². The summed E-state index contributed by atoms with van der Waals surface area (Å²) in [6, 6.07) is 9.40. The average molecular weight is 359 g/mol. The van der Waals surface area contributed by atoms with E-state index in [0.29, 0.717) is 16.3 Å². The molecule has 7 heteroatoms. The standard InChI is InChI=1S/C18H19ClN4O2/c1-11-8-13(3)17(9-12(11)2)25-10-14-15(19)6-5-7-16(14)23-18(24)22(4)20-21-23/h5-9H,10H2,1-4H3. The number of hydrogen-bond acceptors (Lipinski definition) is 4. The number of rotatable bonds is 4. The molecule has 130 valence electrons. The topological polar surface area (TPSA) is 61.9 Å². The number of halogens is 1. The molecule has 0 spiro atoms. The molecule has 0 amide bonds. The van der Waals surface area contributed by atoms with Crippen LogP contribution in [0.1, 0.15) is 22.3 Å². The van der Waals surface area contributed by atoms with E-state index in [4.69, 9.17) is 16.3 Å². The molecule has 3 aromatic rings. The lowest BCUT2D eigenvalue weighted by Gasteiger charge is -2.14. The molecule has 1 aromatic heterocycles. The van der Waals surface area contributed by atoms with E-state index in [0.717, 1.165) is 16.9 Å². The number of aromatic nitrogens is 4. The van der Waals surface area contributed by atoms with Crippen molar-refractivity contribution < 1.29 is 4.74 Å². The molecule has 0 aliphatic rings. The molecular weight excluding hydrogens is 340 g/mol. The van der Waals surface area contributed by atoms with Gasteiger partial charge in [0.15, 0.2) is 0 Å². The average Bonchev–Trinajstić information content (AvgIpc) is 2.90. The Labute approximate surface area is 150 Å². The van der Waals surface area contributed by atoms with E-state index in [9.17, 15) is 4.79 Å². The Morgan fingerprint density at radius 2 is 1.80 bits per heavy atom. The Hall–Kier alpha value is -2.60. The lowest BCUT2D eigenvalue weighted by atomic mass is 10.1. The molecule has 0 N–H and O–H groups in total. The summed E-state index contributed by atoms with van der Waals surface area (Å²) in [7, 11) is 1.55. The Morgan fingerprint density at radius 3 is 2.48 bits per heavy atom. The first kappa shape index (κ1) is 17.2. The van der Waals surface area contributed by atoms with Crippen molar-refractivity contribution in [2.75, 3.05) is 0 Å². The maximum Gasteiger partial charge on any atom is 0.368 e. The van der Waals surface area contributed by atoms with Gasteiger partial charge in [-0.1, -0.05) is 23.7 Å². The number of ether oxygens (including phenoxy) is 1. The zero-order valence-corrected chi connectivity index (χ0v) is 15.3. The SMILES string of the molecule is Cc1cc(C)c(OCc2c(Cl)cccc2-n2nnn(C)c2=O)cc1C. The summed E-state index contributed by atoms with van der Waals surface area (Å²) in [5, 5.41) is 8.15. The third-order valence-electron chi connectivity index (χ3n) is 4.21. The summed E-state index contributed by atoms with van der Waals surface area (Å²) in [4.78, 5) is 12.2. The van der Waals surface area contributed by atoms with Crippen LogP contribution in [0.4, 0.5) is 0 Å². The summed E-state index contributed by atoms with van der Waals surface area (Å²) < 4.78 is 8.38. The Morgan fingerprint density at radius 1 is 1.08 bits per heavy atom. The van der Waals surface area contributed by atoms with Gasteiger partial charge in [-0.3, -0.25) is 0 Å². The van der Waals surface area contributed by atoms with E-state index in [1.54, 1.807) is 25.2 Å². The van der Waals surface area contributed by atoms with E-state index < -0.39 is 0 Å². The minimum Gasteiger partial charge on any atom is -0.488 e. The van der Waals surface area contributed by atoms with Crippen LogP contribution in [0.5, 0.6) is 5.75 Å². The van der Waals surface area contributed by atoms with Gasteiger partial charge in [-0.05, 0) is 66.1 Å². The van der Waals surface area contributed by atoms with E-state index in [-0.39, 0.29) is 12.3 Å². The van der Waals surface area contributed by atoms with Crippen LogP contribution in [0, 0.1) is 20.8 Å². The second kappa shape index (κ2) is 6.72. The number of benzene rings is 2. The zero-order valence-electron chi connectivity index (χ0n) is 14.6. The first-order chi connectivity index (χ1) is 11.9. The molecule has 25 heavy (non-hydrogen) atoms. The summed E-state index contributed by atoms with van der Waals surface area (Å²) in [6.07, 6.45) is 0. The molecule has 1 heterocycles. The molecule has 0 aliphatic heterocycles. The van der Waals surface area contributed by atoms with Gasteiger partial charge in [0.25, 0.3) is 0 Å².